The van der Waals surface area contributed by atoms with Crippen LogP contribution in [0.1, 0.15) is 39.6 Å². The number of nitrogens with zero attached hydrogens (tertiary/aromatic N) is 1. The third kappa shape index (κ3) is 4.31. The van der Waals surface area contributed by atoms with E-state index in [2.05, 4.69) is 5.32 Å². The molecule has 0 saturated carbocycles. The SMILES string of the molecule is CC(CCc1ccccc1)NC(=O)CN1C(=O)c2cc(Cl)c(Cl)cc2C1=O. The van der Waals surface area contributed by atoms with Gasteiger partial charge in [-0.15, -0.1) is 0 Å². The molecule has 1 N–H and O–H groups in total. The maximum Gasteiger partial charge on any atom is 0.262 e. The van der Waals surface area contributed by atoms with Crippen LogP contribution in [-0.2, 0) is 11.2 Å². The van der Waals surface area contributed by atoms with E-state index in [0.29, 0.717) is 0 Å². The Balaban J connectivity index is 1.58. The van der Waals surface area contributed by atoms with Gasteiger partial charge in [-0.2, -0.15) is 0 Å². The molecular formula is C20H18Cl2N2O3. The van der Waals surface area contributed by atoms with Crippen molar-refractivity contribution < 1.29 is 14.4 Å². The zero-order valence-electron chi connectivity index (χ0n) is 14.7. The summed E-state index contributed by atoms with van der Waals surface area (Å²) in [5.74, 6) is -1.47. The van der Waals surface area contributed by atoms with Gasteiger partial charge in [0.1, 0.15) is 6.54 Å². The maximum absolute atomic E-state index is 12.4. The molecule has 0 aromatic heterocycles. The predicted molar refractivity (Wildman–Crippen MR) is 104 cm³/mol. The Bertz CT molecular complexity index is 859. The molecule has 3 amide bonds. The molecule has 0 bridgehead atoms. The fraction of sp³-hybridized carbons (Fsp3) is 0.250. The van der Waals surface area contributed by atoms with Crippen LogP contribution in [0.5, 0.6) is 0 Å². The second-order valence-electron chi connectivity index (χ2n) is 6.50. The maximum atomic E-state index is 12.4. The van der Waals surface area contributed by atoms with Gasteiger partial charge in [-0.3, -0.25) is 19.3 Å². The molecule has 0 fully saturated rings. The van der Waals surface area contributed by atoms with Gasteiger partial charge < -0.3 is 5.32 Å². The Hall–Kier alpha value is -2.37. The minimum absolute atomic E-state index is 0.0863. The highest BCUT2D eigenvalue weighted by atomic mass is 35.5. The summed E-state index contributed by atoms with van der Waals surface area (Å²) in [4.78, 5) is 38.1. The fourth-order valence-corrected chi connectivity index (χ4v) is 3.32. The minimum Gasteiger partial charge on any atom is -0.352 e. The number of aryl methyl sites for hydroxylation is 1. The molecule has 1 aliphatic rings. The number of carbonyl (C=O) groups is 3. The standard InChI is InChI=1S/C20H18Cl2N2O3/c1-12(7-8-13-5-3-2-4-6-13)23-18(25)11-24-19(26)14-9-16(21)17(22)10-15(14)20(24)27/h2-6,9-10,12H,7-8,11H2,1H3,(H,23,25). The summed E-state index contributed by atoms with van der Waals surface area (Å²) in [6.45, 7) is 1.56. The van der Waals surface area contributed by atoms with Crippen LogP contribution in [0.2, 0.25) is 10.0 Å². The molecule has 1 atom stereocenters. The number of fused-ring (bicyclic) bond motifs is 1. The van der Waals surface area contributed by atoms with Gasteiger partial charge in [-0.1, -0.05) is 53.5 Å². The first-order valence-electron chi connectivity index (χ1n) is 8.55. The number of benzene rings is 2. The van der Waals surface area contributed by atoms with Gasteiger partial charge in [0.05, 0.1) is 21.2 Å². The van der Waals surface area contributed by atoms with Gasteiger partial charge in [0.15, 0.2) is 0 Å². The summed E-state index contributed by atoms with van der Waals surface area (Å²) in [5, 5.41) is 3.21. The Labute approximate surface area is 167 Å². The van der Waals surface area contributed by atoms with E-state index in [0.717, 1.165) is 17.7 Å². The molecule has 1 unspecified atom stereocenters. The average molecular weight is 405 g/mol. The zero-order chi connectivity index (χ0) is 19.6. The topological polar surface area (TPSA) is 66.5 Å². The number of rotatable bonds is 6. The second-order valence-corrected chi connectivity index (χ2v) is 7.32. The number of amides is 3. The molecule has 2 aromatic carbocycles. The van der Waals surface area contributed by atoms with Crippen LogP contribution in [0.3, 0.4) is 0 Å². The smallest absolute Gasteiger partial charge is 0.262 e. The minimum atomic E-state index is -0.541. The first-order valence-corrected chi connectivity index (χ1v) is 9.31. The monoisotopic (exact) mass is 404 g/mol. The Morgan fingerprint density at radius 3 is 2.15 bits per heavy atom. The number of imide groups is 1. The molecule has 2 aromatic rings. The lowest BCUT2D eigenvalue weighted by atomic mass is 10.1. The van der Waals surface area contributed by atoms with Crippen LogP contribution < -0.4 is 5.32 Å². The predicted octanol–water partition coefficient (Wildman–Crippen LogP) is 3.73. The van der Waals surface area contributed by atoms with Crippen LogP contribution in [-0.4, -0.2) is 35.2 Å². The highest BCUT2D eigenvalue weighted by Gasteiger charge is 2.37. The van der Waals surface area contributed by atoms with E-state index >= 15 is 0 Å². The average Bonchev–Trinajstić information content (AvgIpc) is 2.86. The molecule has 7 heteroatoms. The zero-order valence-corrected chi connectivity index (χ0v) is 16.2. The van der Waals surface area contributed by atoms with E-state index in [9.17, 15) is 14.4 Å². The lowest BCUT2D eigenvalue weighted by Crippen LogP contribution is -2.43. The van der Waals surface area contributed by atoms with Crippen molar-refractivity contribution >= 4 is 40.9 Å². The van der Waals surface area contributed by atoms with Gasteiger partial charge in [-0.25, -0.2) is 0 Å². The largest absolute Gasteiger partial charge is 0.352 e. The van der Waals surface area contributed by atoms with Crippen molar-refractivity contribution in [1.82, 2.24) is 10.2 Å². The van der Waals surface area contributed by atoms with E-state index in [1.54, 1.807) is 0 Å². The van der Waals surface area contributed by atoms with Gasteiger partial charge in [-0.05, 0) is 37.5 Å². The van der Waals surface area contributed by atoms with Crippen molar-refractivity contribution in [3.05, 3.63) is 69.2 Å². The highest BCUT2D eigenvalue weighted by Crippen LogP contribution is 2.31. The Kier molecular flexibility index (Phi) is 5.82. The summed E-state index contributed by atoms with van der Waals surface area (Å²) in [6, 6.07) is 12.6. The van der Waals surface area contributed by atoms with E-state index in [1.165, 1.54) is 17.7 Å². The van der Waals surface area contributed by atoms with Crippen molar-refractivity contribution in [2.75, 3.05) is 6.54 Å². The molecule has 0 radical (unpaired) electrons. The number of carbonyl (C=O) groups excluding carboxylic acids is 3. The third-order valence-electron chi connectivity index (χ3n) is 4.43. The quantitative estimate of drug-likeness (QED) is 0.745. The first kappa shape index (κ1) is 19.4. The molecule has 0 spiro atoms. The van der Waals surface area contributed by atoms with Gasteiger partial charge >= 0.3 is 0 Å². The fourth-order valence-electron chi connectivity index (χ4n) is 2.99. The lowest BCUT2D eigenvalue weighted by molar-refractivity contribution is -0.122. The van der Waals surface area contributed by atoms with Crippen LogP contribution in [0.25, 0.3) is 0 Å². The molecule has 3 rings (SSSR count). The van der Waals surface area contributed by atoms with Crippen LogP contribution in [0.4, 0.5) is 0 Å². The third-order valence-corrected chi connectivity index (χ3v) is 5.15. The molecule has 5 nitrogen and oxygen atoms in total. The van der Waals surface area contributed by atoms with E-state index < -0.39 is 11.8 Å². The number of hydrogen-bond donors (Lipinski definition) is 1. The molecule has 140 valence electrons. The summed E-state index contributed by atoms with van der Waals surface area (Å²) in [7, 11) is 0. The molecule has 0 saturated heterocycles. The van der Waals surface area contributed by atoms with E-state index in [4.69, 9.17) is 23.2 Å². The van der Waals surface area contributed by atoms with E-state index in [-0.39, 0.29) is 39.7 Å². The first-order chi connectivity index (χ1) is 12.9. The number of hydrogen-bond acceptors (Lipinski definition) is 3. The summed E-state index contributed by atoms with van der Waals surface area (Å²) in [5.41, 5.74) is 1.52. The number of halogens is 2. The van der Waals surface area contributed by atoms with Crippen molar-refractivity contribution in [3.8, 4) is 0 Å². The van der Waals surface area contributed by atoms with Crippen LogP contribution in [0, 0.1) is 0 Å². The normalized spacial score (nSPS) is 14.3. The molecule has 0 aliphatic carbocycles. The molecule has 1 aliphatic heterocycles. The second kappa shape index (κ2) is 8.11. The van der Waals surface area contributed by atoms with E-state index in [1.807, 2.05) is 37.3 Å². The summed E-state index contributed by atoms with van der Waals surface area (Å²) >= 11 is 11.8. The van der Waals surface area contributed by atoms with Crippen LogP contribution >= 0.6 is 23.2 Å². The van der Waals surface area contributed by atoms with Crippen molar-refractivity contribution in [1.29, 1.82) is 0 Å². The van der Waals surface area contributed by atoms with Crippen LogP contribution in [0.15, 0.2) is 42.5 Å². The Morgan fingerprint density at radius 1 is 1.04 bits per heavy atom. The van der Waals surface area contributed by atoms with Gasteiger partial charge in [0.2, 0.25) is 5.91 Å². The van der Waals surface area contributed by atoms with Gasteiger partial charge in [0.25, 0.3) is 11.8 Å². The summed E-state index contributed by atoms with van der Waals surface area (Å²) < 4.78 is 0. The van der Waals surface area contributed by atoms with Crippen molar-refractivity contribution in [2.45, 2.75) is 25.8 Å². The number of nitrogens with one attached hydrogen (secondary N) is 1. The molecule has 27 heavy (non-hydrogen) atoms. The van der Waals surface area contributed by atoms with Crippen molar-refractivity contribution in [3.63, 3.8) is 0 Å². The molecular weight excluding hydrogens is 387 g/mol. The lowest BCUT2D eigenvalue weighted by Gasteiger charge is -2.17. The van der Waals surface area contributed by atoms with Gasteiger partial charge in [0, 0.05) is 6.04 Å². The summed E-state index contributed by atoms with van der Waals surface area (Å²) in [6.07, 6.45) is 1.58. The van der Waals surface area contributed by atoms with Crippen molar-refractivity contribution in [2.24, 2.45) is 0 Å². The highest BCUT2D eigenvalue weighted by molar-refractivity contribution is 6.43. The molecule has 1 heterocycles. The Morgan fingerprint density at radius 2 is 1.59 bits per heavy atom.